The lowest BCUT2D eigenvalue weighted by molar-refractivity contribution is 0.646. The van der Waals surface area contributed by atoms with Crippen molar-refractivity contribution in [2.24, 2.45) is 0 Å². The molecular weight excluding hydrogens is 234 g/mol. The molecule has 0 aliphatic carbocycles. The maximum Gasteiger partial charge on any atom is 0.106 e. The molecule has 0 saturated heterocycles. The van der Waals surface area contributed by atoms with E-state index in [2.05, 4.69) is 60.8 Å². The third-order valence-corrected chi connectivity index (χ3v) is 3.61. The Morgan fingerprint density at radius 1 is 1.16 bits per heavy atom. The van der Waals surface area contributed by atoms with Crippen LogP contribution in [0.1, 0.15) is 35.1 Å². The van der Waals surface area contributed by atoms with Crippen molar-refractivity contribution in [1.29, 1.82) is 0 Å². The van der Waals surface area contributed by atoms with Crippen LogP contribution in [0.5, 0.6) is 0 Å². The van der Waals surface area contributed by atoms with Gasteiger partial charge in [0.2, 0.25) is 0 Å². The summed E-state index contributed by atoms with van der Waals surface area (Å²) in [7, 11) is 0. The van der Waals surface area contributed by atoms with Crippen molar-refractivity contribution in [3.8, 4) is 0 Å². The van der Waals surface area contributed by atoms with Crippen molar-refractivity contribution >= 4 is 0 Å². The average Bonchev–Trinajstić information content (AvgIpc) is 2.73. The molecule has 2 rings (SSSR count). The highest BCUT2D eigenvalue weighted by atomic mass is 15.1. The molecule has 0 saturated carbocycles. The second-order valence-corrected chi connectivity index (χ2v) is 5.08. The summed E-state index contributed by atoms with van der Waals surface area (Å²) in [5, 5.41) is 3.36. The molecule has 0 unspecified atom stereocenters. The first-order valence-electron chi connectivity index (χ1n) is 6.89. The number of nitrogens with zero attached hydrogens (tertiary/aromatic N) is 2. The van der Waals surface area contributed by atoms with E-state index in [4.69, 9.17) is 0 Å². The van der Waals surface area contributed by atoms with Crippen molar-refractivity contribution in [2.75, 3.05) is 6.54 Å². The topological polar surface area (TPSA) is 29.9 Å². The van der Waals surface area contributed by atoms with Crippen LogP contribution in [0.2, 0.25) is 0 Å². The molecule has 0 bridgehead atoms. The van der Waals surface area contributed by atoms with E-state index < -0.39 is 0 Å². The smallest absolute Gasteiger partial charge is 0.106 e. The SMILES string of the molecule is CCNCc1cnc(C)n1Cc1ccc(C)c(C)c1. The lowest BCUT2D eigenvalue weighted by Gasteiger charge is -2.12. The number of hydrogen-bond acceptors (Lipinski definition) is 2. The van der Waals surface area contributed by atoms with Crippen LogP contribution in [0.3, 0.4) is 0 Å². The molecule has 102 valence electrons. The zero-order chi connectivity index (χ0) is 13.8. The molecule has 0 aliphatic heterocycles. The minimum atomic E-state index is 0.877. The summed E-state index contributed by atoms with van der Waals surface area (Å²) in [5.41, 5.74) is 5.28. The van der Waals surface area contributed by atoms with Crippen LogP contribution in [0.15, 0.2) is 24.4 Å². The standard InChI is InChI=1S/C16H23N3/c1-5-17-9-16-10-18-14(4)19(16)11-15-7-6-12(2)13(3)8-15/h6-8,10,17H,5,9,11H2,1-4H3. The van der Waals surface area contributed by atoms with Gasteiger partial charge in [0.15, 0.2) is 0 Å². The van der Waals surface area contributed by atoms with E-state index in [1.807, 2.05) is 6.20 Å². The van der Waals surface area contributed by atoms with Crippen LogP contribution < -0.4 is 5.32 Å². The van der Waals surface area contributed by atoms with Crippen molar-refractivity contribution in [1.82, 2.24) is 14.9 Å². The summed E-state index contributed by atoms with van der Waals surface area (Å²) in [4.78, 5) is 4.43. The molecule has 19 heavy (non-hydrogen) atoms. The van der Waals surface area contributed by atoms with E-state index >= 15 is 0 Å². The molecule has 0 spiro atoms. The predicted molar refractivity (Wildman–Crippen MR) is 79.4 cm³/mol. The fourth-order valence-electron chi connectivity index (χ4n) is 2.21. The molecule has 0 amide bonds. The van der Waals surface area contributed by atoms with E-state index in [-0.39, 0.29) is 0 Å². The highest BCUT2D eigenvalue weighted by molar-refractivity contribution is 5.30. The van der Waals surface area contributed by atoms with Gasteiger partial charge in [0, 0.05) is 19.3 Å². The molecule has 0 aliphatic rings. The van der Waals surface area contributed by atoms with Gasteiger partial charge < -0.3 is 9.88 Å². The van der Waals surface area contributed by atoms with Crippen LogP contribution in [0, 0.1) is 20.8 Å². The van der Waals surface area contributed by atoms with Gasteiger partial charge in [0.1, 0.15) is 5.82 Å². The summed E-state index contributed by atoms with van der Waals surface area (Å²) < 4.78 is 2.28. The van der Waals surface area contributed by atoms with E-state index in [0.717, 1.165) is 25.5 Å². The maximum atomic E-state index is 4.43. The first kappa shape index (κ1) is 13.8. The second-order valence-electron chi connectivity index (χ2n) is 5.08. The van der Waals surface area contributed by atoms with Gasteiger partial charge in [-0.15, -0.1) is 0 Å². The minimum Gasteiger partial charge on any atom is -0.327 e. The average molecular weight is 257 g/mol. The highest BCUT2D eigenvalue weighted by Crippen LogP contribution is 2.14. The van der Waals surface area contributed by atoms with Gasteiger partial charge in [-0.05, 0) is 44.0 Å². The maximum absolute atomic E-state index is 4.43. The molecular formula is C16H23N3. The Morgan fingerprint density at radius 2 is 1.95 bits per heavy atom. The second kappa shape index (κ2) is 6.02. The minimum absolute atomic E-state index is 0.877. The van der Waals surface area contributed by atoms with Crippen molar-refractivity contribution in [3.05, 3.63) is 52.6 Å². The number of imidazole rings is 1. The van der Waals surface area contributed by atoms with Crippen LogP contribution in [-0.2, 0) is 13.1 Å². The molecule has 1 heterocycles. The van der Waals surface area contributed by atoms with Gasteiger partial charge in [-0.25, -0.2) is 4.98 Å². The predicted octanol–water partition coefficient (Wildman–Crippen LogP) is 2.97. The number of nitrogens with one attached hydrogen (secondary N) is 1. The highest BCUT2D eigenvalue weighted by Gasteiger charge is 2.07. The van der Waals surface area contributed by atoms with Crippen LogP contribution in [0.25, 0.3) is 0 Å². The van der Waals surface area contributed by atoms with E-state index in [0.29, 0.717) is 0 Å². The third-order valence-electron chi connectivity index (χ3n) is 3.61. The fraction of sp³-hybridized carbons (Fsp3) is 0.438. The Balaban J connectivity index is 2.22. The molecule has 3 heteroatoms. The zero-order valence-corrected chi connectivity index (χ0v) is 12.3. The summed E-state index contributed by atoms with van der Waals surface area (Å²) >= 11 is 0. The van der Waals surface area contributed by atoms with Crippen LogP contribution in [0.4, 0.5) is 0 Å². The van der Waals surface area contributed by atoms with E-state index in [9.17, 15) is 0 Å². The summed E-state index contributed by atoms with van der Waals surface area (Å²) in [6.07, 6.45) is 1.97. The number of aryl methyl sites for hydroxylation is 3. The first-order valence-corrected chi connectivity index (χ1v) is 6.89. The van der Waals surface area contributed by atoms with E-state index in [1.54, 1.807) is 0 Å². The molecule has 1 aromatic heterocycles. The molecule has 1 aromatic carbocycles. The summed E-state index contributed by atoms with van der Waals surface area (Å²) in [6, 6.07) is 6.67. The van der Waals surface area contributed by atoms with Crippen LogP contribution in [-0.4, -0.2) is 16.1 Å². The molecule has 0 fully saturated rings. The zero-order valence-electron chi connectivity index (χ0n) is 12.3. The first-order chi connectivity index (χ1) is 9.11. The molecule has 1 N–H and O–H groups in total. The van der Waals surface area contributed by atoms with Gasteiger partial charge in [-0.1, -0.05) is 25.1 Å². The number of aromatic nitrogens is 2. The Bertz CT molecular complexity index is 555. The normalized spacial score (nSPS) is 10.9. The Hall–Kier alpha value is -1.61. The number of rotatable bonds is 5. The van der Waals surface area contributed by atoms with Gasteiger partial charge >= 0.3 is 0 Å². The van der Waals surface area contributed by atoms with Gasteiger partial charge in [-0.3, -0.25) is 0 Å². The summed E-state index contributed by atoms with van der Waals surface area (Å²) in [5.74, 6) is 1.08. The quantitative estimate of drug-likeness (QED) is 0.892. The lowest BCUT2D eigenvalue weighted by Crippen LogP contribution is -2.16. The molecule has 0 radical (unpaired) electrons. The van der Waals surface area contributed by atoms with Crippen molar-refractivity contribution < 1.29 is 0 Å². The largest absolute Gasteiger partial charge is 0.327 e. The Labute approximate surface area is 115 Å². The monoisotopic (exact) mass is 257 g/mol. The fourth-order valence-corrected chi connectivity index (χ4v) is 2.21. The van der Waals surface area contributed by atoms with Crippen molar-refractivity contribution in [2.45, 2.75) is 40.8 Å². The lowest BCUT2D eigenvalue weighted by atomic mass is 10.1. The van der Waals surface area contributed by atoms with Crippen LogP contribution >= 0.6 is 0 Å². The molecule has 2 aromatic rings. The van der Waals surface area contributed by atoms with Crippen molar-refractivity contribution in [3.63, 3.8) is 0 Å². The Kier molecular flexibility index (Phi) is 4.38. The number of hydrogen-bond donors (Lipinski definition) is 1. The molecule has 3 nitrogen and oxygen atoms in total. The third kappa shape index (κ3) is 3.24. The summed E-state index contributed by atoms with van der Waals surface area (Å²) in [6.45, 7) is 11.3. The van der Waals surface area contributed by atoms with E-state index in [1.165, 1.54) is 22.4 Å². The molecule has 0 atom stereocenters. The van der Waals surface area contributed by atoms with Gasteiger partial charge in [-0.2, -0.15) is 0 Å². The van der Waals surface area contributed by atoms with Gasteiger partial charge in [0.25, 0.3) is 0 Å². The Morgan fingerprint density at radius 3 is 2.63 bits per heavy atom. The van der Waals surface area contributed by atoms with Gasteiger partial charge in [0.05, 0.1) is 5.69 Å². The number of benzene rings is 1.